The molecule has 0 saturated carbocycles. The normalized spacial score (nSPS) is 25.4. The number of aromatic nitrogens is 4. The first-order chi connectivity index (χ1) is 10.6. The smallest absolute Gasteiger partial charge is 0.165 e. The van der Waals surface area contributed by atoms with Crippen LogP contribution in [0.1, 0.15) is 18.3 Å². The van der Waals surface area contributed by atoms with Crippen LogP contribution in [0, 0.1) is 0 Å². The lowest BCUT2D eigenvalue weighted by molar-refractivity contribution is -0.0432. The summed E-state index contributed by atoms with van der Waals surface area (Å²) in [7, 11) is 4.03. The lowest BCUT2D eigenvalue weighted by Crippen LogP contribution is -2.24. The Hall–Kier alpha value is -1.61. The van der Waals surface area contributed by atoms with Crippen LogP contribution in [0.2, 0.25) is 0 Å². The van der Waals surface area contributed by atoms with Crippen LogP contribution in [0.15, 0.2) is 12.7 Å². The van der Waals surface area contributed by atoms with Gasteiger partial charge >= 0.3 is 0 Å². The first-order valence-corrected chi connectivity index (χ1v) is 7.35. The summed E-state index contributed by atoms with van der Waals surface area (Å²) in [4.78, 5) is 15.1. The van der Waals surface area contributed by atoms with E-state index in [0.717, 1.165) is 24.2 Å². The van der Waals surface area contributed by atoms with Gasteiger partial charge in [0.15, 0.2) is 5.65 Å². The average Bonchev–Trinajstić information content (AvgIpc) is 3.08. The molecule has 2 N–H and O–H groups in total. The standard InChI is InChI=1S/C14H21N5O3/c1-18(2)4-3-9-13-14(16-7-15-9)19(8-17-13)12-5-10(21)11(6-20)22-12/h7-8,10-12,20-21H,3-6H2,1-2H3/t10-,11+,12+/m0/s1. The molecule has 1 fully saturated rings. The highest BCUT2D eigenvalue weighted by Crippen LogP contribution is 2.30. The van der Waals surface area contributed by atoms with Gasteiger partial charge in [0, 0.05) is 19.4 Å². The average molecular weight is 307 g/mol. The number of nitrogens with zero attached hydrogens (tertiary/aromatic N) is 5. The summed E-state index contributed by atoms with van der Waals surface area (Å²) in [6, 6.07) is 0. The zero-order chi connectivity index (χ0) is 15.7. The summed E-state index contributed by atoms with van der Waals surface area (Å²) < 4.78 is 7.47. The van der Waals surface area contributed by atoms with E-state index < -0.39 is 12.2 Å². The minimum atomic E-state index is -0.678. The van der Waals surface area contributed by atoms with Crippen molar-refractivity contribution in [2.75, 3.05) is 27.2 Å². The number of fused-ring (bicyclic) bond motifs is 1. The van der Waals surface area contributed by atoms with Crippen LogP contribution in [0.4, 0.5) is 0 Å². The second-order valence-corrected chi connectivity index (χ2v) is 5.81. The van der Waals surface area contributed by atoms with Crippen LogP contribution in [-0.2, 0) is 11.2 Å². The van der Waals surface area contributed by atoms with Crippen LogP contribution >= 0.6 is 0 Å². The van der Waals surface area contributed by atoms with Crippen molar-refractivity contribution in [2.24, 2.45) is 0 Å². The Morgan fingerprint density at radius 2 is 2.18 bits per heavy atom. The van der Waals surface area contributed by atoms with Gasteiger partial charge in [0.2, 0.25) is 0 Å². The van der Waals surface area contributed by atoms with E-state index in [1.807, 2.05) is 14.1 Å². The molecule has 0 amide bonds. The van der Waals surface area contributed by atoms with E-state index in [1.165, 1.54) is 6.33 Å². The second-order valence-electron chi connectivity index (χ2n) is 5.81. The van der Waals surface area contributed by atoms with E-state index in [4.69, 9.17) is 4.74 Å². The zero-order valence-electron chi connectivity index (χ0n) is 12.8. The largest absolute Gasteiger partial charge is 0.394 e. The first-order valence-electron chi connectivity index (χ1n) is 7.35. The monoisotopic (exact) mass is 307 g/mol. The molecule has 3 rings (SSSR count). The molecule has 0 spiro atoms. The third kappa shape index (κ3) is 2.82. The molecule has 0 bridgehead atoms. The number of ether oxygens (including phenoxy) is 1. The maximum absolute atomic E-state index is 9.87. The maximum Gasteiger partial charge on any atom is 0.165 e. The Labute approximate surface area is 128 Å². The molecule has 0 radical (unpaired) electrons. The number of hydrogen-bond donors (Lipinski definition) is 2. The van der Waals surface area contributed by atoms with Crippen molar-refractivity contribution in [1.29, 1.82) is 0 Å². The van der Waals surface area contributed by atoms with Crippen molar-refractivity contribution in [3.05, 3.63) is 18.3 Å². The van der Waals surface area contributed by atoms with Gasteiger partial charge in [-0.3, -0.25) is 4.57 Å². The molecule has 8 heteroatoms. The molecule has 0 unspecified atom stereocenters. The number of imidazole rings is 1. The van der Waals surface area contributed by atoms with Crippen molar-refractivity contribution in [1.82, 2.24) is 24.4 Å². The molecule has 120 valence electrons. The van der Waals surface area contributed by atoms with Gasteiger partial charge in [-0.25, -0.2) is 15.0 Å². The highest BCUT2D eigenvalue weighted by Gasteiger charge is 2.35. The van der Waals surface area contributed by atoms with E-state index in [1.54, 1.807) is 10.9 Å². The lowest BCUT2D eigenvalue weighted by atomic mass is 10.2. The molecule has 22 heavy (non-hydrogen) atoms. The third-order valence-electron chi connectivity index (χ3n) is 3.92. The SMILES string of the molecule is CN(C)CCc1ncnc2c1ncn2[C@H]1C[C@H](O)[C@@H](CO)O1. The van der Waals surface area contributed by atoms with Crippen molar-refractivity contribution in [3.8, 4) is 0 Å². The molecular weight excluding hydrogens is 286 g/mol. The molecule has 2 aromatic heterocycles. The number of aliphatic hydroxyl groups excluding tert-OH is 2. The summed E-state index contributed by atoms with van der Waals surface area (Å²) in [6.45, 7) is 0.678. The quantitative estimate of drug-likeness (QED) is 0.774. The molecule has 0 aliphatic carbocycles. The third-order valence-corrected chi connectivity index (χ3v) is 3.92. The Bertz CT molecular complexity index is 644. The summed E-state index contributed by atoms with van der Waals surface area (Å²) in [5, 5.41) is 19.1. The minimum Gasteiger partial charge on any atom is -0.394 e. The Morgan fingerprint density at radius 3 is 2.86 bits per heavy atom. The van der Waals surface area contributed by atoms with Crippen molar-refractivity contribution < 1.29 is 14.9 Å². The number of hydrogen-bond acceptors (Lipinski definition) is 7. The van der Waals surface area contributed by atoms with Gasteiger partial charge in [-0.2, -0.15) is 0 Å². The van der Waals surface area contributed by atoms with Crippen LogP contribution in [0.5, 0.6) is 0 Å². The summed E-state index contributed by atoms with van der Waals surface area (Å²) in [6.07, 6.45) is 2.79. The van der Waals surface area contributed by atoms with Gasteiger partial charge in [-0.05, 0) is 14.1 Å². The molecule has 1 aliphatic heterocycles. The van der Waals surface area contributed by atoms with Gasteiger partial charge in [0.1, 0.15) is 24.2 Å². The van der Waals surface area contributed by atoms with Crippen LogP contribution in [-0.4, -0.2) is 74.1 Å². The van der Waals surface area contributed by atoms with Crippen LogP contribution < -0.4 is 0 Å². The van der Waals surface area contributed by atoms with E-state index in [0.29, 0.717) is 12.1 Å². The first kappa shape index (κ1) is 15.3. The second kappa shape index (κ2) is 6.25. The molecule has 3 atom stereocenters. The van der Waals surface area contributed by atoms with Gasteiger partial charge < -0.3 is 19.8 Å². The van der Waals surface area contributed by atoms with E-state index in [-0.39, 0.29) is 12.8 Å². The fourth-order valence-corrected chi connectivity index (χ4v) is 2.67. The summed E-state index contributed by atoms with van der Waals surface area (Å²) in [5.74, 6) is 0. The predicted molar refractivity (Wildman–Crippen MR) is 79.2 cm³/mol. The van der Waals surface area contributed by atoms with Crippen molar-refractivity contribution >= 4 is 11.2 Å². The number of aliphatic hydroxyl groups is 2. The van der Waals surface area contributed by atoms with Gasteiger partial charge in [0.05, 0.1) is 24.7 Å². The lowest BCUT2D eigenvalue weighted by Gasteiger charge is -2.13. The molecule has 1 aliphatic rings. The van der Waals surface area contributed by atoms with Crippen molar-refractivity contribution in [2.45, 2.75) is 31.3 Å². The predicted octanol–water partition coefficient (Wildman–Crippen LogP) is -0.429. The van der Waals surface area contributed by atoms with E-state index in [2.05, 4.69) is 19.9 Å². The van der Waals surface area contributed by atoms with Gasteiger partial charge in [-0.15, -0.1) is 0 Å². The molecule has 0 aromatic carbocycles. The van der Waals surface area contributed by atoms with Gasteiger partial charge in [-0.1, -0.05) is 0 Å². The minimum absolute atomic E-state index is 0.201. The topological polar surface area (TPSA) is 96.5 Å². The Morgan fingerprint density at radius 1 is 1.36 bits per heavy atom. The Kier molecular flexibility index (Phi) is 4.34. The van der Waals surface area contributed by atoms with E-state index >= 15 is 0 Å². The number of rotatable bonds is 5. The van der Waals surface area contributed by atoms with E-state index in [9.17, 15) is 10.2 Å². The highest BCUT2D eigenvalue weighted by molar-refractivity contribution is 5.73. The molecule has 1 saturated heterocycles. The summed E-state index contributed by atoms with van der Waals surface area (Å²) >= 11 is 0. The molecule has 3 heterocycles. The maximum atomic E-state index is 9.87. The molecular formula is C14H21N5O3. The fourth-order valence-electron chi connectivity index (χ4n) is 2.67. The van der Waals surface area contributed by atoms with Crippen LogP contribution in [0.3, 0.4) is 0 Å². The van der Waals surface area contributed by atoms with Crippen molar-refractivity contribution in [3.63, 3.8) is 0 Å². The molecule has 2 aromatic rings. The fraction of sp³-hybridized carbons (Fsp3) is 0.643. The summed E-state index contributed by atoms with van der Waals surface area (Å²) in [5.41, 5.74) is 2.35. The number of likely N-dealkylation sites (N-methyl/N-ethyl adjacent to an activating group) is 1. The zero-order valence-corrected chi connectivity index (χ0v) is 12.8. The van der Waals surface area contributed by atoms with Gasteiger partial charge in [0.25, 0.3) is 0 Å². The molecule has 8 nitrogen and oxygen atoms in total. The highest BCUT2D eigenvalue weighted by atomic mass is 16.5. The Balaban J connectivity index is 1.88. The van der Waals surface area contributed by atoms with Crippen LogP contribution in [0.25, 0.3) is 11.2 Å².